The van der Waals surface area contributed by atoms with Crippen LogP contribution in [0.15, 0.2) is 47.8 Å². The number of ether oxygens (including phenoxy) is 1. The van der Waals surface area contributed by atoms with Crippen molar-refractivity contribution in [2.75, 3.05) is 19.7 Å². The fourth-order valence-electron chi connectivity index (χ4n) is 3.60. The van der Waals surface area contributed by atoms with Crippen molar-refractivity contribution in [3.05, 3.63) is 58.3 Å². The zero-order valence-corrected chi connectivity index (χ0v) is 15.1. The van der Waals surface area contributed by atoms with Crippen LogP contribution in [-0.4, -0.2) is 42.6 Å². The van der Waals surface area contributed by atoms with Gasteiger partial charge in [-0.2, -0.15) is 0 Å². The maximum Gasteiger partial charge on any atom is 0.251 e. The Morgan fingerprint density at radius 3 is 2.76 bits per heavy atom. The number of rotatable bonds is 6. The average molecular weight is 356 g/mol. The zero-order valence-electron chi connectivity index (χ0n) is 14.3. The Kier molecular flexibility index (Phi) is 5.15. The monoisotopic (exact) mass is 356 g/mol. The third kappa shape index (κ3) is 3.94. The maximum atomic E-state index is 12.8. The van der Waals surface area contributed by atoms with Gasteiger partial charge in [0.15, 0.2) is 6.10 Å². The second-order valence-corrected chi connectivity index (χ2v) is 7.77. The summed E-state index contributed by atoms with van der Waals surface area (Å²) >= 11 is 1.73. The number of benzene rings is 1. The molecule has 2 aliphatic rings. The fourth-order valence-corrected chi connectivity index (χ4v) is 4.31. The van der Waals surface area contributed by atoms with Crippen molar-refractivity contribution in [3.63, 3.8) is 0 Å². The highest BCUT2D eigenvalue weighted by molar-refractivity contribution is 7.09. The molecule has 1 saturated heterocycles. The predicted octanol–water partition coefficient (Wildman–Crippen LogP) is 3.01. The SMILES string of the molecule is O=C(NCCc1cccs1)[C@@H]1OCCN(C2CC2)[C@H]1c1ccccc1. The van der Waals surface area contributed by atoms with E-state index in [0.717, 1.165) is 13.0 Å². The summed E-state index contributed by atoms with van der Waals surface area (Å²) in [6.45, 7) is 2.19. The van der Waals surface area contributed by atoms with E-state index in [1.807, 2.05) is 24.3 Å². The van der Waals surface area contributed by atoms with Crippen LogP contribution in [0.2, 0.25) is 0 Å². The molecule has 2 aromatic rings. The Hall–Kier alpha value is -1.69. The summed E-state index contributed by atoms with van der Waals surface area (Å²) in [6.07, 6.45) is 2.91. The Labute approximate surface area is 152 Å². The average Bonchev–Trinajstić information content (AvgIpc) is 3.38. The van der Waals surface area contributed by atoms with Gasteiger partial charge >= 0.3 is 0 Å². The minimum absolute atomic E-state index is 0.00996. The lowest BCUT2D eigenvalue weighted by Gasteiger charge is -2.41. The summed E-state index contributed by atoms with van der Waals surface area (Å²) in [5.74, 6) is 0.00996. The van der Waals surface area contributed by atoms with E-state index in [2.05, 4.69) is 33.8 Å². The van der Waals surface area contributed by atoms with Gasteiger partial charge in [0.05, 0.1) is 12.6 Å². The lowest BCUT2D eigenvalue weighted by Crippen LogP contribution is -2.52. The van der Waals surface area contributed by atoms with E-state index in [-0.39, 0.29) is 11.9 Å². The molecule has 132 valence electrons. The van der Waals surface area contributed by atoms with Crippen LogP contribution in [0.25, 0.3) is 0 Å². The quantitative estimate of drug-likeness (QED) is 0.865. The van der Waals surface area contributed by atoms with E-state index in [1.165, 1.54) is 23.3 Å². The van der Waals surface area contributed by atoms with Crippen molar-refractivity contribution in [2.24, 2.45) is 0 Å². The Morgan fingerprint density at radius 2 is 2.04 bits per heavy atom. The normalized spacial score (nSPS) is 24.2. The molecule has 0 spiro atoms. The molecule has 25 heavy (non-hydrogen) atoms. The van der Waals surface area contributed by atoms with Crippen LogP contribution < -0.4 is 5.32 Å². The van der Waals surface area contributed by atoms with E-state index < -0.39 is 6.10 Å². The van der Waals surface area contributed by atoms with Gasteiger partial charge in [-0.15, -0.1) is 11.3 Å². The first-order chi connectivity index (χ1) is 12.3. The van der Waals surface area contributed by atoms with Gasteiger partial charge in [0.25, 0.3) is 5.91 Å². The first-order valence-corrected chi connectivity index (χ1v) is 9.93. The van der Waals surface area contributed by atoms with Gasteiger partial charge in [-0.3, -0.25) is 9.69 Å². The molecule has 0 radical (unpaired) electrons. The second kappa shape index (κ2) is 7.68. The Bertz CT molecular complexity index is 685. The Morgan fingerprint density at radius 1 is 1.20 bits per heavy atom. The smallest absolute Gasteiger partial charge is 0.251 e. The van der Waals surface area contributed by atoms with Crippen LogP contribution >= 0.6 is 11.3 Å². The van der Waals surface area contributed by atoms with Gasteiger partial charge in [0, 0.05) is 24.0 Å². The highest BCUT2D eigenvalue weighted by Gasteiger charge is 2.43. The molecular weight excluding hydrogens is 332 g/mol. The second-order valence-electron chi connectivity index (χ2n) is 6.74. The highest BCUT2D eigenvalue weighted by Crippen LogP contribution is 2.38. The third-order valence-corrected chi connectivity index (χ3v) is 5.89. The minimum atomic E-state index is -0.430. The number of hydrogen-bond donors (Lipinski definition) is 1. The molecule has 2 fully saturated rings. The molecule has 4 rings (SSSR count). The summed E-state index contributed by atoms with van der Waals surface area (Å²) in [6, 6.07) is 15.1. The molecule has 4 nitrogen and oxygen atoms in total. The molecule has 1 aromatic heterocycles. The van der Waals surface area contributed by atoms with E-state index in [9.17, 15) is 4.79 Å². The topological polar surface area (TPSA) is 41.6 Å². The van der Waals surface area contributed by atoms with Gasteiger partial charge in [-0.1, -0.05) is 36.4 Å². The van der Waals surface area contributed by atoms with Crippen LogP contribution in [0.3, 0.4) is 0 Å². The number of amides is 1. The number of thiophene rings is 1. The predicted molar refractivity (Wildman–Crippen MR) is 99.7 cm³/mol. The number of hydrogen-bond acceptors (Lipinski definition) is 4. The van der Waals surface area contributed by atoms with Crippen molar-refractivity contribution < 1.29 is 9.53 Å². The van der Waals surface area contributed by atoms with Crippen molar-refractivity contribution >= 4 is 17.2 Å². The first-order valence-electron chi connectivity index (χ1n) is 9.05. The van der Waals surface area contributed by atoms with Crippen molar-refractivity contribution in [2.45, 2.75) is 37.5 Å². The molecular formula is C20H24N2O2S. The summed E-state index contributed by atoms with van der Waals surface area (Å²) in [5.41, 5.74) is 1.17. The molecule has 1 aromatic carbocycles. The van der Waals surface area contributed by atoms with Crippen molar-refractivity contribution in [3.8, 4) is 0 Å². The Balaban J connectivity index is 1.46. The molecule has 0 unspecified atom stereocenters. The molecule has 1 saturated carbocycles. The summed E-state index contributed by atoms with van der Waals surface area (Å²) in [4.78, 5) is 16.6. The highest BCUT2D eigenvalue weighted by atomic mass is 32.1. The van der Waals surface area contributed by atoms with Gasteiger partial charge in [0.2, 0.25) is 0 Å². The molecule has 2 heterocycles. The number of carbonyl (C=O) groups is 1. The van der Waals surface area contributed by atoms with E-state index in [4.69, 9.17) is 4.74 Å². The van der Waals surface area contributed by atoms with Crippen LogP contribution in [0.4, 0.5) is 0 Å². The summed E-state index contributed by atoms with van der Waals surface area (Å²) in [7, 11) is 0. The fraction of sp³-hybridized carbons (Fsp3) is 0.450. The van der Waals surface area contributed by atoms with Gasteiger partial charge in [0.1, 0.15) is 0 Å². The molecule has 1 aliphatic heterocycles. The molecule has 1 N–H and O–H groups in total. The molecule has 2 atom stereocenters. The number of morpholine rings is 1. The van der Waals surface area contributed by atoms with Gasteiger partial charge in [-0.05, 0) is 36.3 Å². The van der Waals surface area contributed by atoms with Crippen molar-refractivity contribution in [1.29, 1.82) is 0 Å². The van der Waals surface area contributed by atoms with Crippen LogP contribution in [0.5, 0.6) is 0 Å². The number of nitrogens with zero attached hydrogens (tertiary/aromatic N) is 1. The summed E-state index contributed by atoms with van der Waals surface area (Å²) in [5, 5.41) is 5.16. The van der Waals surface area contributed by atoms with Gasteiger partial charge in [-0.25, -0.2) is 0 Å². The lowest BCUT2D eigenvalue weighted by molar-refractivity contribution is -0.146. The first kappa shape index (κ1) is 16.8. The zero-order chi connectivity index (χ0) is 17.1. The van der Waals surface area contributed by atoms with Crippen LogP contribution in [0, 0.1) is 0 Å². The van der Waals surface area contributed by atoms with Crippen LogP contribution in [0.1, 0.15) is 29.3 Å². The van der Waals surface area contributed by atoms with Gasteiger partial charge < -0.3 is 10.1 Å². The van der Waals surface area contributed by atoms with Crippen LogP contribution in [-0.2, 0) is 16.0 Å². The van der Waals surface area contributed by atoms with E-state index >= 15 is 0 Å². The number of carbonyl (C=O) groups excluding carboxylic acids is 1. The van der Waals surface area contributed by atoms with E-state index in [1.54, 1.807) is 11.3 Å². The standard InChI is InChI=1S/C20H24N2O2S/c23-20(21-11-10-17-7-4-14-25-17)19-18(15-5-2-1-3-6-15)22(12-13-24-19)16-8-9-16/h1-7,14,16,18-19H,8-13H2,(H,21,23)/t18-,19+/m0/s1. The van der Waals surface area contributed by atoms with Crippen molar-refractivity contribution in [1.82, 2.24) is 10.2 Å². The molecule has 1 amide bonds. The largest absolute Gasteiger partial charge is 0.365 e. The maximum absolute atomic E-state index is 12.8. The van der Waals surface area contributed by atoms with E-state index in [0.29, 0.717) is 19.2 Å². The molecule has 1 aliphatic carbocycles. The molecule has 0 bridgehead atoms. The number of nitrogens with one attached hydrogen (secondary N) is 1. The third-order valence-electron chi connectivity index (χ3n) is 4.96. The minimum Gasteiger partial charge on any atom is -0.365 e. The summed E-state index contributed by atoms with van der Waals surface area (Å²) < 4.78 is 5.95. The lowest BCUT2D eigenvalue weighted by atomic mass is 9.97. The molecule has 5 heteroatoms.